The number of H-pyrrole nitrogens is 1. The number of aryl methyl sites for hydroxylation is 1. The van der Waals surface area contributed by atoms with Crippen molar-refractivity contribution in [1.29, 1.82) is 0 Å². The van der Waals surface area contributed by atoms with Gasteiger partial charge in [-0.2, -0.15) is 4.68 Å². The first kappa shape index (κ1) is 16.1. The van der Waals surface area contributed by atoms with E-state index in [1.165, 1.54) is 9.69 Å². The Morgan fingerprint density at radius 3 is 2.56 bits per heavy atom. The number of alkyl halides is 1. The number of β-lactam (4-membered cyclic amide) rings is 1. The molecular weight excluding hydrogens is 364 g/mol. The molecule has 1 amide bonds. The number of fused-ring (bicyclic) bond motifs is 2. The highest BCUT2D eigenvalue weighted by atomic mass is 35.5. The highest BCUT2D eigenvalue weighted by Gasteiger charge is 2.50. The van der Waals surface area contributed by atoms with Crippen LogP contribution >= 0.6 is 11.6 Å². The van der Waals surface area contributed by atoms with Crippen molar-refractivity contribution in [3.05, 3.63) is 76.5 Å². The molecule has 3 heterocycles. The van der Waals surface area contributed by atoms with Crippen LogP contribution in [0.3, 0.4) is 0 Å². The number of hydrogen-bond acceptors (Lipinski definition) is 3. The first-order valence-electron chi connectivity index (χ1n) is 8.60. The molecule has 7 heteroatoms. The molecule has 1 N–H and O–H groups in total. The van der Waals surface area contributed by atoms with E-state index in [0.29, 0.717) is 16.7 Å². The second kappa shape index (κ2) is 5.69. The van der Waals surface area contributed by atoms with Gasteiger partial charge in [-0.25, -0.2) is 9.99 Å². The van der Waals surface area contributed by atoms with Crippen molar-refractivity contribution in [2.45, 2.75) is 18.3 Å². The molecule has 27 heavy (non-hydrogen) atoms. The number of halogens is 1. The van der Waals surface area contributed by atoms with Gasteiger partial charge in [0.25, 0.3) is 11.5 Å². The fourth-order valence-corrected chi connectivity index (χ4v) is 4.12. The molecule has 1 aliphatic rings. The van der Waals surface area contributed by atoms with Crippen LogP contribution in [0.15, 0.2) is 59.5 Å². The number of aromatic nitrogens is 3. The number of nitrogens with zero attached hydrogens (tertiary/aromatic N) is 3. The Bertz CT molecular complexity index is 1280. The van der Waals surface area contributed by atoms with Gasteiger partial charge in [0.15, 0.2) is 0 Å². The number of carbonyl (C=O) groups excluding carboxylic acids is 1. The Morgan fingerprint density at radius 1 is 1.04 bits per heavy atom. The van der Waals surface area contributed by atoms with E-state index in [1.54, 1.807) is 25.1 Å². The van der Waals surface area contributed by atoms with E-state index >= 15 is 0 Å². The van der Waals surface area contributed by atoms with E-state index in [9.17, 15) is 9.59 Å². The number of carbonyl (C=O) groups is 1. The SMILES string of the molecule is Cc1nc2ccccc2c(=O)n1N1C(=O)C(Cl)C1c1c[nH]c2ccccc12. The minimum atomic E-state index is -0.734. The lowest BCUT2D eigenvalue weighted by atomic mass is 9.95. The number of nitrogens with one attached hydrogen (secondary N) is 1. The number of hydrogen-bond donors (Lipinski definition) is 1. The standard InChI is InChI=1S/C20H15ClN4O2/c1-11-23-16-9-5-3-7-13(16)19(26)24(11)25-18(17(21)20(25)27)14-10-22-15-8-4-2-6-12(14)15/h2-10,17-18,22H,1H3. The maximum Gasteiger partial charge on any atom is 0.280 e. The zero-order valence-electron chi connectivity index (χ0n) is 14.4. The number of aromatic amines is 1. The van der Waals surface area contributed by atoms with Crippen LogP contribution in [-0.4, -0.2) is 25.9 Å². The fourth-order valence-electron chi connectivity index (χ4n) is 3.78. The van der Waals surface area contributed by atoms with Gasteiger partial charge >= 0.3 is 0 Å². The van der Waals surface area contributed by atoms with E-state index in [-0.39, 0.29) is 11.5 Å². The molecule has 0 radical (unpaired) electrons. The second-order valence-electron chi connectivity index (χ2n) is 6.61. The lowest BCUT2D eigenvalue weighted by Crippen LogP contribution is -2.64. The van der Waals surface area contributed by atoms with Crippen LogP contribution in [0.25, 0.3) is 21.8 Å². The third-order valence-corrected chi connectivity index (χ3v) is 5.50. The van der Waals surface area contributed by atoms with Crippen molar-refractivity contribution in [2.24, 2.45) is 0 Å². The summed E-state index contributed by atoms with van der Waals surface area (Å²) >= 11 is 6.38. The van der Waals surface area contributed by atoms with Crippen molar-refractivity contribution in [3.63, 3.8) is 0 Å². The van der Waals surface area contributed by atoms with Gasteiger partial charge < -0.3 is 4.98 Å². The van der Waals surface area contributed by atoms with Crippen LogP contribution in [0.1, 0.15) is 17.4 Å². The van der Waals surface area contributed by atoms with E-state index < -0.39 is 11.4 Å². The summed E-state index contributed by atoms with van der Waals surface area (Å²) in [4.78, 5) is 33.4. The zero-order valence-corrected chi connectivity index (χ0v) is 15.1. The quantitative estimate of drug-likeness (QED) is 0.430. The summed E-state index contributed by atoms with van der Waals surface area (Å²) in [7, 11) is 0. The number of para-hydroxylation sites is 2. The lowest BCUT2D eigenvalue weighted by molar-refractivity contribution is -0.126. The maximum absolute atomic E-state index is 13.1. The molecule has 2 atom stereocenters. The molecule has 0 bridgehead atoms. The smallest absolute Gasteiger partial charge is 0.280 e. The van der Waals surface area contributed by atoms with Gasteiger partial charge in [0.05, 0.1) is 10.9 Å². The molecule has 2 aromatic heterocycles. The molecule has 2 unspecified atom stereocenters. The molecule has 5 rings (SSSR count). The summed E-state index contributed by atoms with van der Waals surface area (Å²) in [5, 5.41) is 2.13. The molecule has 134 valence electrons. The second-order valence-corrected chi connectivity index (χ2v) is 7.08. The first-order chi connectivity index (χ1) is 13.1. The van der Waals surface area contributed by atoms with Crippen LogP contribution < -0.4 is 10.6 Å². The molecule has 1 saturated heterocycles. The summed E-state index contributed by atoms with van der Waals surface area (Å²) in [6.45, 7) is 1.72. The molecule has 6 nitrogen and oxygen atoms in total. The maximum atomic E-state index is 13.1. The van der Waals surface area contributed by atoms with Crippen molar-refractivity contribution in [1.82, 2.24) is 14.6 Å². The number of amides is 1. The fraction of sp³-hybridized carbons (Fsp3) is 0.150. The predicted molar refractivity (Wildman–Crippen MR) is 105 cm³/mol. The Morgan fingerprint density at radius 2 is 1.74 bits per heavy atom. The molecule has 0 spiro atoms. The molecule has 2 aromatic carbocycles. The normalized spacial score (nSPS) is 19.6. The predicted octanol–water partition coefficient (Wildman–Crippen LogP) is 3.01. The van der Waals surface area contributed by atoms with Crippen molar-refractivity contribution < 1.29 is 4.79 Å². The van der Waals surface area contributed by atoms with Gasteiger partial charge in [0, 0.05) is 22.7 Å². The van der Waals surface area contributed by atoms with Crippen LogP contribution in [-0.2, 0) is 4.79 Å². The summed E-state index contributed by atoms with van der Waals surface area (Å²) < 4.78 is 1.34. The summed E-state index contributed by atoms with van der Waals surface area (Å²) in [5.41, 5.74) is 2.16. The molecule has 4 aromatic rings. The van der Waals surface area contributed by atoms with Crippen molar-refractivity contribution in [2.75, 3.05) is 5.01 Å². The van der Waals surface area contributed by atoms with Crippen LogP contribution in [0.4, 0.5) is 0 Å². The highest BCUT2D eigenvalue weighted by molar-refractivity contribution is 6.36. The lowest BCUT2D eigenvalue weighted by Gasteiger charge is -2.44. The molecular formula is C20H15ClN4O2. The Labute approximate surface area is 159 Å². The summed E-state index contributed by atoms with van der Waals surface area (Å²) in [6, 6.07) is 14.5. The van der Waals surface area contributed by atoms with Crippen molar-refractivity contribution >= 4 is 39.3 Å². The molecule has 0 aliphatic carbocycles. The monoisotopic (exact) mass is 378 g/mol. The minimum absolute atomic E-state index is 0.278. The van der Waals surface area contributed by atoms with Gasteiger partial charge in [-0.3, -0.25) is 9.59 Å². The number of rotatable bonds is 2. The van der Waals surface area contributed by atoms with Gasteiger partial charge in [-0.05, 0) is 25.1 Å². The zero-order chi connectivity index (χ0) is 18.7. The average molecular weight is 379 g/mol. The van der Waals surface area contributed by atoms with Gasteiger partial charge in [0.2, 0.25) is 0 Å². The Hall–Kier alpha value is -3.12. The van der Waals surface area contributed by atoms with E-state index in [1.807, 2.05) is 36.5 Å². The topological polar surface area (TPSA) is 71.0 Å². The minimum Gasteiger partial charge on any atom is -0.361 e. The highest BCUT2D eigenvalue weighted by Crippen LogP contribution is 2.40. The Balaban J connectivity index is 1.72. The summed E-state index contributed by atoms with van der Waals surface area (Å²) in [6.07, 6.45) is 1.85. The van der Waals surface area contributed by atoms with Crippen LogP contribution in [0, 0.1) is 6.92 Å². The third-order valence-electron chi connectivity index (χ3n) is 5.07. The Kier molecular flexibility index (Phi) is 3.39. The largest absolute Gasteiger partial charge is 0.361 e. The van der Waals surface area contributed by atoms with Gasteiger partial charge in [-0.1, -0.05) is 30.3 Å². The first-order valence-corrected chi connectivity index (χ1v) is 9.03. The van der Waals surface area contributed by atoms with Crippen LogP contribution in [0.2, 0.25) is 0 Å². The summed E-state index contributed by atoms with van der Waals surface area (Å²) in [5.74, 6) is 0.134. The molecule has 1 fully saturated rings. The van der Waals surface area contributed by atoms with E-state index in [4.69, 9.17) is 11.6 Å². The van der Waals surface area contributed by atoms with E-state index in [2.05, 4.69) is 9.97 Å². The third kappa shape index (κ3) is 2.16. The van der Waals surface area contributed by atoms with Crippen LogP contribution in [0.5, 0.6) is 0 Å². The average Bonchev–Trinajstić information content (AvgIpc) is 3.10. The van der Waals surface area contributed by atoms with Gasteiger partial charge in [0.1, 0.15) is 17.2 Å². The molecule has 1 aliphatic heterocycles. The van der Waals surface area contributed by atoms with Crippen molar-refractivity contribution in [3.8, 4) is 0 Å². The van der Waals surface area contributed by atoms with Gasteiger partial charge in [-0.15, -0.1) is 11.6 Å². The molecule has 0 saturated carbocycles. The number of benzene rings is 2. The van der Waals surface area contributed by atoms with E-state index in [0.717, 1.165) is 16.5 Å².